The van der Waals surface area contributed by atoms with E-state index in [1.165, 1.54) is 11.0 Å². The third-order valence-electron chi connectivity index (χ3n) is 2.63. The van der Waals surface area contributed by atoms with Gasteiger partial charge in [0.15, 0.2) is 0 Å². The summed E-state index contributed by atoms with van der Waals surface area (Å²) in [6, 6.07) is -0.586. The molecule has 0 radical (unpaired) electrons. The van der Waals surface area contributed by atoms with E-state index in [0.29, 0.717) is 0 Å². The quantitative estimate of drug-likeness (QED) is 0.839. The summed E-state index contributed by atoms with van der Waals surface area (Å²) in [6.45, 7) is 8.16. The van der Waals surface area contributed by atoms with Crippen molar-refractivity contribution in [2.24, 2.45) is 0 Å². The lowest BCUT2D eigenvalue weighted by molar-refractivity contribution is -0.0611. The van der Waals surface area contributed by atoms with Gasteiger partial charge in [-0.15, -0.1) is 0 Å². The van der Waals surface area contributed by atoms with Crippen molar-refractivity contribution in [1.82, 2.24) is 4.90 Å². The van der Waals surface area contributed by atoms with E-state index in [2.05, 4.69) is 0 Å². The van der Waals surface area contributed by atoms with E-state index < -0.39 is 35.9 Å². The highest BCUT2D eigenvalue weighted by atomic mass is 19.1. The smallest absolute Gasteiger partial charge is 0.413 e. The van der Waals surface area contributed by atoms with E-state index in [1.54, 1.807) is 34.6 Å². The summed E-state index contributed by atoms with van der Waals surface area (Å²) in [6.07, 6.45) is 0.612. The zero-order chi connectivity index (χ0) is 14.8. The lowest BCUT2D eigenvalue weighted by Crippen LogP contribution is -2.49. The Labute approximate surface area is 113 Å². The molecule has 1 amide bonds. The number of aliphatic hydroxyl groups excluding tert-OH is 1. The minimum atomic E-state index is -0.876. The van der Waals surface area contributed by atoms with Gasteiger partial charge < -0.3 is 14.6 Å². The van der Waals surface area contributed by atoms with Crippen LogP contribution in [0.5, 0.6) is 0 Å². The Morgan fingerprint density at radius 3 is 2.63 bits per heavy atom. The fourth-order valence-electron chi connectivity index (χ4n) is 1.88. The molecule has 1 fully saturated rings. The second-order valence-corrected chi connectivity index (χ2v) is 5.95. The highest BCUT2D eigenvalue weighted by Crippen LogP contribution is 2.30. The first kappa shape index (κ1) is 15.9. The fourth-order valence-corrected chi connectivity index (χ4v) is 1.88. The number of carbonyl (C=O) groups is 1. The predicted octanol–water partition coefficient (Wildman–Crippen LogP) is 2.20. The molecule has 1 rings (SSSR count). The lowest BCUT2D eigenvalue weighted by atomic mass is 10.2. The Morgan fingerprint density at radius 1 is 1.58 bits per heavy atom. The molecule has 0 spiro atoms. The maximum Gasteiger partial charge on any atom is 0.413 e. The predicted molar refractivity (Wildman–Crippen MR) is 68.2 cm³/mol. The van der Waals surface area contributed by atoms with Gasteiger partial charge in [0.1, 0.15) is 17.2 Å². The van der Waals surface area contributed by atoms with Crippen molar-refractivity contribution in [1.29, 1.82) is 0 Å². The van der Waals surface area contributed by atoms with E-state index in [9.17, 15) is 9.18 Å². The summed E-state index contributed by atoms with van der Waals surface area (Å²) in [5.74, 6) is -0.695. The molecule has 1 aliphatic rings. The Bertz CT molecular complexity index is 373. The van der Waals surface area contributed by atoms with Gasteiger partial charge in [-0.05, 0) is 40.7 Å². The van der Waals surface area contributed by atoms with E-state index in [4.69, 9.17) is 14.6 Å². The van der Waals surface area contributed by atoms with E-state index in [-0.39, 0.29) is 6.61 Å². The monoisotopic (exact) mass is 275 g/mol. The van der Waals surface area contributed by atoms with Gasteiger partial charge in [-0.25, -0.2) is 9.18 Å². The third-order valence-corrected chi connectivity index (χ3v) is 2.63. The number of ether oxygens (including phenoxy) is 2. The van der Waals surface area contributed by atoms with E-state index >= 15 is 0 Å². The first-order valence-electron chi connectivity index (χ1n) is 6.20. The van der Waals surface area contributed by atoms with Crippen molar-refractivity contribution < 1.29 is 23.8 Å². The molecule has 0 aliphatic carbocycles. The van der Waals surface area contributed by atoms with Crippen molar-refractivity contribution in [2.45, 2.75) is 52.0 Å². The van der Waals surface area contributed by atoms with Gasteiger partial charge >= 0.3 is 6.09 Å². The zero-order valence-corrected chi connectivity index (χ0v) is 12.1. The molecule has 1 aliphatic heterocycles. The molecular weight excluding hydrogens is 253 g/mol. The van der Waals surface area contributed by atoms with Crippen molar-refractivity contribution in [2.75, 3.05) is 13.2 Å². The number of carbonyl (C=O) groups excluding carboxylic acids is 1. The third kappa shape index (κ3) is 4.18. The summed E-state index contributed by atoms with van der Waals surface area (Å²) in [4.78, 5) is 13.5. The summed E-state index contributed by atoms with van der Waals surface area (Å²) < 4.78 is 24.0. The van der Waals surface area contributed by atoms with Crippen molar-refractivity contribution in [3.63, 3.8) is 0 Å². The van der Waals surface area contributed by atoms with E-state index in [0.717, 1.165) is 0 Å². The normalized spacial score (nSPS) is 23.6. The maximum absolute atomic E-state index is 13.2. The topological polar surface area (TPSA) is 59.0 Å². The average Bonchev–Trinajstić information content (AvgIpc) is 2.51. The standard InChI is InChI=1S/C13H22FNO4/c1-12(2,3)19-11(17)15-10(6-9(14)7-16)8-18-13(15,4)5/h6,10,16H,7-8H2,1-5H3/b9-6-. The van der Waals surface area contributed by atoms with Crippen LogP contribution in [0.2, 0.25) is 0 Å². The number of hydrogen-bond acceptors (Lipinski definition) is 4. The minimum absolute atomic E-state index is 0.166. The molecule has 1 unspecified atom stereocenters. The average molecular weight is 275 g/mol. The fraction of sp³-hybridized carbons (Fsp3) is 0.769. The Balaban J connectivity index is 2.93. The first-order valence-corrected chi connectivity index (χ1v) is 6.20. The van der Waals surface area contributed by atoms with Crippen LogP contribution in [-0.2, 0) is 9.47 Å². The number of nitrogens with zero attached hydrogens (tertiary/aromatic N) is 1. The van der Waals surface area contributed by atoms with Crippen molar-refractivity contribution >= 4 is 6.09 Å². The van der Waals surface area contributed by atoms with E-state index in [1.807, 2.05) is 0 Å². The summed E-state index contributed by atoms with van der Waals surface area (Å²) in [5.41, 5.74) is -1.52. The molecule has 0 aromatic carbocycles. The number of hydrogen-bond donors (Lipinski definition) is 1. The second-order valence-electron chi connectivity index (χ2n) is 5.95. The minimum Gasteiger partial charge on any atom is -0.444 e. The summed E-state index contributed by atoms with van der Waals surface area (Å²) in [7, 11) is 0. The molecule has 5 nitrogen and oxygen atoms in total. The molecule has 1 N–H and O–H groups in total. The van der Waals surface area contributed by atoms with Gasteiger partial charge in [0.2, 0.25) is 0 Å². The Kier molecular flexibility index (Phi) is 4.58. The second kappa shape index (κ2) is 5.46. The molecule has 19 heavy (non-hydrogen) atoms. The molecule has 0 aromatic heterocycles. The van der Waals surface area contributed by atoms with Crippen LogP contribution in [0.25, 0.3) is 0 Å². The molecule has 110 valence electrons. The maximum atomic E-state index is 13.2. The zero-order valence-electron chi connectivity index (χ0n) is 12.1. The van der Waals surface area contributed by atoms with Crippen LogP contribution in [0, 0.1) is 0 Å². The Morgan fingerprint density at radius 2 is 2.16 bits per heavy atom. The molecular formula is C13H22FNO4. The van der Waals surface area contributed by atoms with Gasteiger partial charge in [0.05, 0.1) is 19.3 Å². The number of halogens is 1. The number of amides is 1. The van der Waals surface area contributed by atoms with Gasteiger partial charge in [0.25, 0.3) is 0 Å². The van der Waals surface area contributed by atoms with Gasteiger partial charge in [-0.1, -0.05) is 0 Å². The molecule has 1 saturated heterocycles. The van der Waals surface area contributed by atoms with Crippen LogP contribution >= 0.6 is 0 Å². The summed E-state index contributed by atoms with van der Waals surface area (Å²) in [5, 5.41) is 8.72. The molecule has 6 heteroatoms. The van der Waals surface area contributed by atoms with Gasteiger partial charge in [-0.3, -0.25) is 4.90 Å². The van der Waals surface area contributed by atoms with Crippen LogP contribution in [0.4, 0.5) is 9.18 Å². The number of rotatable bonds is 2. The van der Waals surface area contributed by atoms with Crippen LogP contribution in [0.15, 0.2) is 11.9 Å². The van der Waals surface area contributed by atoms with Crippen LogP contribution in [-0.4, -0.2) is 46.7 Å². The van der Waals surface area contributed by atoms with Crippen molar-refractivity contribution in [3.05, 3.63) is 11.9 Å². The Hall–Kier alpha value is -1.14. The largest absolute Gasteiger partial charge is 0.444 e. The van der Waals surface area contributed by atoms with Gasteiger partial charge in [0, 0.05) is 0 Å². The van der Waals surface area contributed by atoms with Crippen molar-refractivity contribution in [3.8, 4) is 0 Å². The molecule has 1 heterocycles. The molecule has 0 aromatic rings. The highest BCUT2D eigenvalue weighted by Gasteiger charge is 2.45. The SMILES string of the molecule is CC(C)(C)OC(=O)N1C(/C=C(\F)CO)COC1(C)C. The number of aliphatic hydroxyl groups is 1. The molecule has 1 atom stereocenters. The highest BCUT2D eigenvalue weighted by molar-refractivity contribution is 5.70. The molecule has 0 saturated carbocycles. The van der Waals surface area contributed by atoms with Gasteiger partial charge in [-0.2, -0.15) is 0 Å². The van der Waals surface area contributed by atoms with Crippen LogP contribution < -0.4 is 0 Å². The van der Waals surface area contributed by atoms with Crippen LogP contribution in [0.1, 0.15) is 34.6 Å². The van der Waals surface area contributed by atoms with Crippen LogP contribution in [0.3, 0.4) is 0 Å². The lowest BCUT2D eigenvalue weighted by Gasteiger charge is -2.34. The summed E-state index contributed by atoms with van der Waals surface area (Å²) >= 11 is 0. The first-order chi connectivity index (χ1) is 8.57. The molecule has 0 bridgehead atoms.